The van der Waals surface area contributed by atoms with Crippen LogP contribution in [0.4, 0.5) is 0 Å². The van der Waals surface area contributed by atoms with Gasteiger partial charge in [-0.15, -0.1) is 0 Å². The van der Waals surface area contributed by atoms with E-state index in [1.807, 2.05) is 49.4 Å². The molecule has 1 N–H and O–H groups in total. The lowest BCUT2D eigenvalue weighted by Crippen LogP contribution is -2.41. The summed E-state index contributed by atoms with van der Waals surface area (Å²) < 4.78 is 5.66. The second kappa shape index (κ2) is 9.77. The predicted molar refractivity (Wildman–Crippen MR) is 109 cm³/mol. The normalized spacial score (nSPS) is 15.5. The fourth-order valence-corrected chi connectivity index (χ4v) is 3.54. The average Bonchev–Trinajstić information content (AvgIpc) is 2.69. The Kier molecular flexibility index (Phi) is 7.13. The first kappa shape index (κ1) is 19.7. The van der Waals surface area contributed by atoms with Gasteiger partial charge >= 0.3 is 0 Å². The van der Waals surface area contributed by atoms with Crippen molar-refractivity contribution in [3.63, 3.8) is 0 Å². The zero-order valence-electron chi connectivity index (χ0n) is 15.8. The summed E-state index contributed by atoms with van der Waals surface area (Å²) in [5.74, 6) is 1.06. The minimum atomic E-state index is 0.0897. The first-order valence-electron chi connectivity index (χ1n) is 9.55. The molecule has 1 aliphatic heterocycles. The molecule has 0 unspecified atom stereocenters. The van der Waals surface area contributed by atoms with E-state index in [-0.39, 0.29) is 11.8 Å². The van der Waals surface area contributed by atoms with Gasteiger partial charge in [0.25, 0.3) is 0 Å². The van der Waals surface area contributed by atoms with Crippen LogP contribution >= 0.6 is 11.6 Å². The molecule has 5 heteroatoms. The van der Waals surface area contributed by atoms with Gasteiger partial charge in [-0.05, 0) is 56.6 Å². The summed E-state index contributed by atoms with van der Waals surface area (Å²) in [5.41, 5.74) is 2.35. The Bertz CT molecular complexity index is 740. The van der Waals surface area contributed by atoms with Crippen LogP contribution in [0.5, 0.6) is 5.75 Å². The average molecular weight is 387 g/mol. The summed E-state index contributed by atoms with van der Waals surface area (Å²) in [5, 5.41) is 3.82. The Hall–Kier alpha value is -2.04. The summed E-state index contributed by atoms with van der Waals surface area (Å²) in [6.45, 7) is 5.75. The summed E-state index contributed by atoms with van der Waals surface area (Å²) in [6.07, 6.45) is 1.77. The third-order valence-electron chi connectivity index (χ3n) is 5.00. The third-order valence-corrected chi connectivity index (χ3v) is 5.37. The molecule has 1 heterocycles. The lowest BCUT2D eigenvalue weighted by atomic mass is 9.95. The van der Waals surface area contributed by atoms with Crippen molar-refractivity contribution in [2.75, 3.05) is 26.2 Å². The zero-order valence-corrected chi connectivity index (χ0v) is 16.5. The molecule has 0 atom stereocenters. The largest absolute Gasteiger partial charge is 0.492 e. The van der Waals surface area contributed by atoms with E-state index in [0.29, 0.717) is 13.2 Å². The lowest BCUT2D eigenvalue weighted by molar-refractivity contribution is -0.126. The Labute approximate surface area is 166 Å². The number of aryl methyl sites for hydroxylation is 1. The second-order valence-corrected chi connectivity index (χ2v) is 7.50. The minimum Gasteiger partial charge on any atom is -0.492 e. The van der Waals surface area contributed by atoms with Crippen molar-refractivity contribution in [1.29, 1.82) is 0 Å². The van der Waals surface area contributed by atoms with Crippen molar-refractivity contribution in [2.45, 2.75) is 26.3 Å². The molecule has 0 radical (unpaired) electrons. The maximum absolute atomic E-state index is 12.4. The molecule has 2 aromatic carbocycles. The molecule has 4 nitrogen and oxygen atoms in total. The molecule has 0 aromatic heterocycles. The van der Waals surface area contributed by atoms with Crippen LogP contribution in [-0.4, -0.2) is 37.0 Å². The van der Waals surface area contributed by atoms with E-state index < -0.39 is 0 Å². The van der Waals surface area contributed by atoms with Crippen molar-refractivity contribution in [1.82, 2.24) is 10.2 Å². The van der Waals surface area contributed by atoms with Gasteiger partial charge in [0.15, 0.2) is 0 Å². The van der Waals surface area contributed by atoms with Crippen molar-refractivity contribution in [2.24, 2.45) is 5.92 Å². The first-order chi connectivity index (χ1) is 13.1. The number of likely N-dealkylation sites (tertiary alicyclic amines) is 1. The monoisotopic (exact) mass is 386 g/mol. The molecule has 0 bridgehead atoms. The number of nitrogens with zero attached hydrogens (tertiary/aromatic N) is 1. The van der Waals surface area contributed by atoms with Gasteiger partial charge in [-0.1, -0.05) is 47.5 Å². The summed E-state index contributed by atoms with van der Waals surface area (Å²) in [6, 6.07) is 15.9. The molecular weight excluding hydrogens is 360 g/mol. The molecule has 1 aliphatic rings. The van der Waals surface area contributed by atoms with Crippen LogP contribution in [0.3, 0.4) is 0 Å². The van der Waals surface area contributed by atoms with Crippen molar-refractivity contribution in [3.8, 4) is 5.75 Å². The maximum atomic E-state index is 12.4. The fraction of sp³-hybridized carbons (Fsp3) is 0.409. The van der Waals surface area contributed by atoms with Gasteiger partial charge in [-0.3, -0.25) is 9.69 Å². The van der Waals surface area contributed by atoms with Gasteiger partial charge in [0.2, 0.25) is 5.91 Å². The number of nitrogens with one attached hydrogen (secondary N) is 1. The number of halogens is 1. The molecule has 1 fully saturated rings. The Balaban J connectivity index is 1.34. The number of carbonyl (C=O) groups is 1. The van der Waals surface area contributed by atoms with E-state index in [9.17, 15) is 4.79 Å². The molecule has 1 saturated heterocycles. The van der Waals surface area contributed by atoms with Crippen LogP contribution < -0.4 is 10.1 Å². The minimum absolute atomic E-state index is 0.0897. The molecule has 0 aliphatic carbocycles. The van der Waals surface area contributed by atoms with Gasteiger partial charge in [-0.2, -0.15) is 0 Å². The number of rotatable bonds is 7. The maximum Gasteiger partial charge on any atom is 0.223 e. The number of hydrogen-bond acceptors (Lipinski definition) is 3. The smallest absolute Gasteiger partial charge is 0.223 e. The van der Waals surface area contributed by atoms with Crippen LogP contribution in [0.2, 0.25) is 5.02 Å². The second-order valence-electron chi connectivity index (χ2n) is 7.09. The molecule has 27 heavy (non-hydrogen) atoms. The first-order valence-corrected chi connectivity index (χ1v) is 9.92. The zero-order chi connectivity index (χ0) is 19.1. The summed E-state index contributed by atoms with van der Waals surface area (Å²) >= 11 is 6.24. The number of hydrogen-bond donors (Lipinski definition) is 1. The standard InChI is InChI=1S/C22H27ClN2O2/c1-17-6-8-20(9-7-17)27-15-12-24-22(26)18-10-13-25(14-11-18)16-19-4-2-3-5-21(19)23/h2-9,18H,10-16H2,1H3,(H,24,26). The number of benzene rings is 2. The van der Waals surface area contributed by atoms with E-state index in [1.165, 1.54) is 5.56 Å². The van der Waals surface area contributed by atoms with Gasteiger partial charge in [0, 0.05) is 17.5 Å². The topological polar surface area (TPSA) is 41.6 Å². The highest BCUT2D eigenvalue weighted by Gasteiger charge is 2.24. The van der Waals surface area contributed by atoms with Gasteiger partial charge in [0.05, 0.1) is 6.54 Å². The van der Waals surface area contributed by atoms with Crippen molar-refractivity contribution < 1.29 is 9.53 Å². The van der Waals surface area contributed by atoms with Crippen molar-refractivity contribution >= 4 is 17.5 Å². The highest BCUT2D eigenvalue weighted by Crippen LogP contribution is 2.22. The highest BCUT2D eigenvalue weighted by atomic mass is 35.5. The quantitative estimate of drug-likeness (QED) is 0.730. The Morgan fingerprint density at radius 2 is 1.85 bits per heavy atom. The van der Waals surface area contributed by atoms with Gasteiger partial charge in [-0.25, -0.2) is 0 Å². The molecule has 3 rings (SSSR count). The van der Waals surface area contributed by atoms with Crippen LogP contribution in [-0.2, 0) is 11.3 Å². The van der Waals surface area contributed by atoms with E-state index in [0.717, 1.165) is 48.8 Å². The molecule has 0 spiro atoms. The number of amides is 1. The van der Waals surface area contributed by atoms with Crippen LogP contribution in [0.1, 0.15) is 24.0 Å². The summed E-state index contributed by atoms with van der Waals surface area (Å²) in [7, 11) is 0. The predicted octanol–water partition coefficient (Wildman–Crippen LogP) is 4.06. The van der Waals surface area contributed by atoms with Gasteiger partial charge < -0.3 is 10.1 Å². The molecule has 144 valence electrons. The molecule has 2 aromatic rings. The molecule has 0 saturated carbocycles. The Morgan fingerprint density at radius 3 is 2.56 bits per heavy atom. The van der Waals surface area contributed by atoms with Crippen LogP contribution in [0, 0.1) is 12.8 Å². The number of ether oxygens (including phenoxy) is 1. The van der Waals surface area contributed by atoms with E-state index in [2.05, 4.69) is 16.3 Å². The SMILES string of the molecule is Cc1ccc(OCCNC(=O)C2CCN(Cc3ccccc3Cl)CC2)cc1. The molecule has 1 amide bonds. The van der Waals surface area contributed by atoms with Gasteiger partial charge in [0.1, 0.15) is 12.4 Å². The summed E-state index contributed by atoms with van der Waals surface area (Å²) in [4.78, 5) is 14.7. The van der Waals surface area contributed by atoms with Crippen LogP contribution in [0.25, 0.3) is 0 Å². The Morgan fingerprint density at radius 1 is 1.15 bits per heavy atom. The highest BCUT2D eigenvalue weighted by molar-refractivity contribution is 6.31. The van der Waals surface area contributed by atoms with E-state index >= 15 is 0 Å². The molecular formula is C22H27ClN2O2. The third kappa shape index (κ3) is 5.98. The van der Waals surface area contributed by atoms with Crippen molar-refractivity contribution in [3.05, 3.63) is 64.7 Å². The fourth-order valence-electron chi connectivity index (χ4n) is 3.34. The lowest BCUT2D eigenvalue weighted by Gasteiger charge is -2.31. The number of carbonyl (C=O) groups excluding carboxylic acids is 1. The number of piperidine rings is 1. The van der Waals surface area contributed by atoms with E-state index in [1.54, 1.807) is 0 Å². The van der Waals surface area contributed by atoms with E-state index in [4.69, 9.17) is 16.3 Å². The van der Waals surface area contributed by atoms with Crippen LogP contribution in [0.15, 0.2) is 48.5 Å².